The minimum Gasteiger partial charge on any atom is -0.485 e. The summed E-state index contributed by atoms with van der Waals surface area (Å²) >= 11 is 0. The summed E-state index contributed by atoms with van der Waals surface area (Å²) < 4.78 is 21.8. The molecule has 6 heteroatoms. The molecule has 3 aromatic rings. The number of rotatable bonds is 9. The lowest BCUT2D eigenvalue weighted by Crippen LogP contribution is -2.45. The van der Waals surface area contributed by atoms with Gasteiger partial charge in [0, 0.05) is 5.56 Å². The van der Waals surface area contributed by atoms with Crippen LogP contribution in [0.15, 0.2) is 66.7 Å². The summed E-state index contributed by atoms with van der Waals surface area (Å²) in [4.78, 5) is 26.7. The standard InChI is InChI=1S/C30H33FN2O3/c1-19(2)22-15-16-23(27(28(22)31)21-11-5-4-6-12-21)29(33-30(35)24-13-9-17-32-24)25(34)18-36-26-14-8-7-10-20(26)3/h4-8,10-12,14-16,19,24,29,32H,9,13,17-18H2,1-3H3,(H,33,35). The molecule has 36 heavy (non-hydrogen) atoms. The molecular formula is C30H33FN2O3. The number of hydrogen-bond acceptors (Lipinski definition) is 4. The van der Waals surface area contributed by atoms with Crippen LogP contribution in [0.2, 0.25) is 0 Å². The number of para-hydroxylation sites is 1. The van der Waals surface area contributed by atoms with Gasteiger partial charge in [-0.15, -0.1) is 0 Å². The molecule has 1 aliphatic heterocycles. The molecule has 1 heterocycles. The first-order valence-corrected chi connectivity index (χ1v) is 12.5. The molecular weight excluding hydrogens is 455 g/mol. The van der Waals surface area contributed by atoms with Gasteiger partial charge in [0.2, 0.25) is 5.91 Å². The fraction of sp³-hybridized carbons (Fsp3) is 0.333. The van der Waals surface area contributed by atoms with E-state index >= 15 is 4.39 Å². The molecule has 2 atom stereocenters. The lowest BCUT2D eigenvalue weighted by molar-refractivity contribution is -0.129. The maximum Gasteiger partial charge on any atom is 0.237 e. The third kappa shape index (κ3) is 5.65. The number of carbonyl (C=O) groups excluding carboxylic acids is 2. The van der Waals surface area contributed by atoms with Gasteiger partial charge in [0.25, 0.3) is 0 Å². The molecule has 3 aromatic carbocycles. The Kier molecular flexibility index (Phi) is 8.16. The zero-order valence-corrected chi connectivity index (χ0v) is 21.0. The van der Waals surface area contributed by atoms with E-state index in [1.807, 2.05) is 69.3 Å². The van der Waals surface area contributed by atoms with Crippen LogP contribution in [0.5, 0.6) is 5.75 Å². The van der Waals surface area contributed by atoms with Gasteiger partial charge in [0.15, 0.2) is 5.78 Å². The molecule has 0 saturated carbocycles. The Morgan fingerprint density at radius 2 is 1.72 bits per heavy atom. The van der Waals surface area contributed by atoms with Crippen LogP contribution in [0.3, 0.4) is 0 Å². The summed E-state index contributed by atoms with van der Waals surface area (Å²) in [5.74, 6) is -0.442. The highest BCUT2D eigenvalue weighted by molar-refractivity contribution is 5.94. The molecule has 188 valence electrons. The maximum atomic E-state index is 16.0. The highest BCUT2D eigenvalue weighted by Crippen LogP contribution is 2.36. The van der Waals surface area contributed by atoms with Crippen LogP contribution in [0, 0.1) is 12.7 Å². The summed E-state index contributed by atoms with van der Waals surface area (Å²) in [6, 6.07) is 18.6. The van der Waals surface area contributed by atoms with Crippen molar-refractivity contribution < 1.29 is 18.7 Å². The number of benzene rings is 3. The number of nitrogens with one attached hydrogen (secondary N) is 2. The molecule has 4 rings (SSSR count). The quantitative estimate of drug-likeness (QED) is 0.418. The van der Waals surface area contributed by atoms with Crippen LogP contribution in [0.1, 0.15) is 55.3 Å². The molecule has 0 bridgehead atoms. The van der Waals surface area contributed by atoms with Gasteiger partial charge in [0.1, 0.15) is 24.2 Å². The Labute approximate surface area is 212 Å². The molecule has 1 saturated heterocycles. The summed E-state index contributed by atoms with van der Waals surface area (Å²) in [5, 5.41) is 6.08. The Balaban J connectivity index is 1.75. The number of Topliss-reactive ketones (excluding diaryl/α,β-unsaturated/α-hetero) is 1. The number of halogens is 1. The maximum absolute atomic E-state index is 16.0. The summed E-state index contributed by atoms with van der Waals surface area (Å²) in [5.41, 5.74) is 2.86. The number of hydrogen-bond donors (Lipinski definition) is 2. The van der Waals surface area contributed by atoms with Crippen molar-refractivity contribution in [3.8, 4) is 16.9 Å². The van der Waals surface area contributed by atoms with Crippen molar-refractivity contribution in [2.45, 2.75) is 51.6 Å². The Hall–Kier alpha value is -3.51. The minimum absolute atomic E-state index is 0.0441. The highest BCUT2D eigenvalue weighted by atomic mass is 19.1. The van der Waals surface area contributed by atoms with Crippen molar-refractivity contribution >= 4 is 11.7 Å². The smallest absolute Gasteiger partial charge is 0.237 e. The largest absolute Gasteiger partial charge is 0.485 e. The fourth-order valence-corrected chi connectivity index (χ4v) is 4.63. The van der Waals surface area contributed by atoms with E-state index in [-0.39, 0.29) is 36.1 Å². The zero-order valence-electron chi connectivity index (χ0n) is 21.0. The monoisotopic (exact) mass is 488 g/mol. The van der Waals surface area contributed by atoms with Crippen molar-refractivity contribution in [1.29, 1.82) is 0 Å². The molecule has 2 unspecified atom stereocenters. The van der Waals surface area contributed by atoms with E-state index in [0.717, 1.165) is 18.5 Å². The SMILES string of the molecule is Cc1ccccc1OCC(=O)C(NC(=O)C1CCCN1)c1ccc(C(C)C)c(F)c1-c1ccccc1. The van der Waals surface area contributed by atoms with Crippen molar-refractivity contribution in [3.63, 3.8) is 0 Å². The fourth-order valence-electron chi connectivity index (χ4n) is 4.63. The normalized spacial score (nSPS) is 16.1. The molecule has 0 radical (unpaired) electrons. The van der Waals surface area contributed by atoms with Crippen molar-refractivity contribution in [2.24, 2.45) is 0 Å². The van der Waals surface area contributed by atoms with E-state index in [9.17, 15) is 9.59 Å². The Morgan fingerprint density at radius 3 is 2.39 bits per heavy atom. The van der Waals surface area contributed by atoms with Gasteiger partial charge in [-0.3, -0.25) is 9.59 Å². The van der Waals surface area contributed by atoms with E-state index in [0.29, 0.717) is 34.4 Å². The molecule has 1 aliphatic rings. The number of carbonyl (C=O) groups is 2. The first-order valence-electron chi connectivity index (χ1n) is 12.5. The van der Waals surface area contributed by atoms with Crippen molar-refractivity contribution in [1.82, 2.24) is 10.6 Å². The molecule has 0 aliphatic carbocycles. The van der Waals surface area contributed by atoms with Crippen LogP contribution in [0.25, 0.3) is 11.1 Å². The Morgan fingerprint density at radius 1 is 1.03 bits per heavy atom. The van der Waals surface area contributed by atoms with E-state index in [1.54, 1.807) is 18.2 Å². The minimum atomic E-state index is -1.06. The van der Waals surface area contributed by atoms with Crippen LogP contribution in [-0.4, -0.2) is 30.9 Å². The van der Waals surface area contributed by atoms with Crippen molar-refractivity contribution in [3.05, 3.63) is 89.2 Å². The second kappa shape index (κ2) is 11.5. The molecule has 5 nitrogen and oxygen atoms in total. The van der Waals surface area contributed by atoms with Gasteiger partial charge >= 0.3 is 0 Å². The average Bonchev–Trinajstić information content (AvgIpc) is 3.42. The third-order valence-electron chi connectivity index (χ3n) is 6.65. The summed E-state index contributed by atoms with van der Waals surface area (Å²) in [6.07, 6.45) is 1.58. The molecule has 2 N–H and O–H groups in total. The highest BCUT2D eigenvalue weighted by Gasteiger charge is 2.32. The van der Waals surface area contributed by atoms with Crippen LogP contribution < -0.4 is 15.4 Å². The lowest BCUT2D eigenvalue weighted by atomic mass is 9.88. The first-order chi connectivity index (χ1) is 17.4. The Bertz CT molecular complexity index is 1220. The van der Waals surface area contributed by atoms with Gasteiger partial charge in [-0.05, 0) is 60.5 Å². The number of ketones is 1. The number of ether oxygens (including phenoxy) is 1. The predicted molar refractivity (Wildman–Crippen MR) is 140 cm³/mol. The topological polar surface area (TPSA) is 67.4 Å². The third-order valence-corrected chi connectivity index (χ3v) is 6.65. The summed E-state index contributed by atoms with van der Waals surface area (Å²) in [6.45, 7) is 6.26. The second-order valence-corrected chi connectivity index (χ2v) is 9.56. The van der Waals surface area contributed by atoms with Gasteiger partial charge in [-0.2, -0.15) is 0 Å². The lowest BCUT2D eigenvalue weighted by Gasteiger charge is -2.25. The van der Waals surface area contributed by atoms with Gasteiger partial charge in [0.05, 0.1) is 6.04 Å². The van der Waals surface area contributed by atoms with Crippen LogP contribution in [0.4, 0.5) is 4.39 Å². The molecule has 0 spiro atoms. The van der Waals surface area contributed by atoms with Crippen LogP contribution in [-0.2, 0) is 9.59 Å². The first kappa shape index (κ1) is 25.6. The molecule has 0 aromatic heterocycles. The van der Waals surface area contributed by atoms with E-state index in [4.69, 9.17) is 4.74 Å². The van der Waals surface area contributed by atoms with E-state index in [1.165, 1.54) is 0 Å². The molecule has 1 fully saturated rings. The van der Waals surface area contributed by atoms with Gasteiger partial charge in [-0.25, -0.2) is 4.39 Å². The van der Waals surface area contributed by atoms with Crippen molar-refractivity contribution in [2.75, 3.05) is 13.2 Å². The van der Waals surface area contributed by atoms with E-state index in [2.05, 4.69) is 10.6 Å². The number of aryl methyl sites for hydroxylation is 1. The predicted octanol–water partition coefficient (Wildman–Crippen LogP) is 5.48. The molecule has 1 amide bonds. The van der Waals surface area contributed by atoms with Gasteiger partial charge in [-0.1, -0.05) is 74.5 Å². The van der Waals surface area contributed by atoms with Crippen LogP contribution >= 0.6 is 0 Å². The van der Waals surface area contributed by atoms with E-state index < -0.39 is 6.04 Å². The van der Waals surface area contributed by atoms with Gasteiger partial charge < -0.3 is 15.4 Å². The average molecular weight is 489 g/mol. The summed E-state index contributed by atoms with van der Waals surface area (Å²) in [7, 11) is 0. The number of amides is 1. The second-order valence-electron chi connectivity index (χ2n) is 9.56. The zero-order chi connectivity index (χ0) is 25.7.